The second-order valence-corrected chi connectivity index (χ2v) is 12.5. The zero-order valence-electron chi connectivity index (χ0n) is 25.3. The first-order valence-electron chi connectivity index (χ1n) is 15.6. The fourth-order valence-electron chi connectivity index (χ4n) is 7.72. The van der Waals surface area contributed by atoms with Crippen molar-refractivity contribution in [1.82, 2.24) is 0 Å². The molecule has 45 heavy (non-hydrogen) atoms. The van der Waals surface area contributed by atoms with Crippen molar-refractivity contribution in [2.45, 2.75) is 19.3 Å². The fraction of sp³-hybridized carbons (Fsp3) is 0.0698. The van der Waals surface area contributed by atoms with Crippen molar-refractivity contribution in [3.8, 4) is 22.3 Å². The van der Waals surface area contributed by atoms with Crippen LogP contribution < -0.4 is 4.90 Å². The summed E-state index contributed by atoms with van der Waals surface area (Å²) in [5, 5.41) is 4.76. The Hall–Kier alpha value is -5.60. The maximum atomic E-state index is 6.74. The Bertz CT molecular complexity index is 2360. The first kappa shape index (κ1) is 25.9. The van der Waals surface area contributed by atoms with Crippen LogP contribution in [-0.4, -0.2) is 0 Å². The van der Waals surface area contributed by atoms with E-state index in [0.29, 0.717) is 0 Å². The summed E-state index contributed by atoms with van der Waals surface area (Å²) in [7, 11) is 0. The van der Waals surface area contributed by atoms with E-state index in [2.05, 4.69) is 164 Å². The van der Waals surface area contributed by atoms with Crippen molar-refractivity contribution in [2.75, 3.05) is 4.90 Å². The van der Waals surface area contributed by atoms with E-state index in [9.17, 15) is 0 Å². The molecule has 2 heteroatoms. The molecule has 0 aliphatic heterocycles. The van der Waals surface area contributed by atoms with E-state index in [0.717, 1.165) is 38.9 Å². The zero-order chi connectivity index (χ0) is 30.1. The zero-order valence-corrected chi connectivity index (χ0v) is 25.3. The molecule has 0 amide bonds. The maximum Gasteiger partial charge on any atom is 0.143 e. The van der Waals surface area contributed by atoms with Gasteiger partial charge in [-0.15, -0.1) is 0 Å². The van der Waals surface area contributed by atoms with Gasteiger partial charge < -0.3 is 9.32 Å². The van der Waals surface area contributed by atoms with Crippen molar-refractivity contribution < 1.29 is 4.42 Å². The number of nitrogens with zero attached hydrogens (tertiary/aromatic N) is 1. The molecule has 1 aliphatic carbocycles. The third kappa shape index (κ3) is 3.69. The van der Waals surface area contributed by atoms with Gasteiger partial charge in [-0.2, -0.15) is 0 Å². The lowest BCUT2D eigenvalue weighted by molar-refractivity contribution is 0.666. The van der Waals surface area contributed by atoms with E-state index < -0.39 is 0 Å². The van der Waals surface area contributed by atoms with Gasteiger partial charge in [0.15, 0.2) is 0 Å². The molecule has 0 bridgehead atoms. The highest BCUT2D eigenvalue weighted by atomic mass is 16.3. The Morgan fingerprint density at radius 1 is 0.467 bits per heavy atom. The molecule has 7 aromatic carbocycles. The number of rotatable bonds is 4. The van der Waals surface area contributed by atoms with Gasteiger partial charge in [0.1, 0.15) is 11.2 Å². The van der Waals surface area contributed by atoms with Gasteiger partial charge in [-0.3, -0.25) is 0 Å². The second kappa shape index (κ2) is 9.70. The quantitative estimate of drug-likeness (QED) is 0.207. The summed E-state index contributed by atoms with van der Waals surface area (Å²) in [4.78, 5) is 2.46. The highest BCUT2D eigenvalue weighted by Crippen LogP contribution is 2.60. The third-order valence-corrected chi connectivity index (χ3v) is 9.61. The van der Waals surface area contributed by atoms with Crippen LogP contribution in [0.3, 0.4) is 0 Å². The molecule has 0 unspecified atom stereocenters. The van der Waals surface area contributed by atoms with E-state index in [4.69, 9.17) is 4.42 Å². The Morgan fingerprint density at radius 2 is 1.02 bits per heavy atom. The summed E-state index contributed by atoms with van der Waals surface area (Å²) in [6, 6.07) is 54.4. The average molecular weight is 578 g/mol. The van der Waals surface area contributed by atoms with Gasteiger partial charge in [-0.1, -0.05) is 135 Å². The van der Waals surface area contributed by atoms with Crippen molar-refractivity contribution in [3.05, 3.63) is 163 Å². The number of para-hydroxylation sites is 4. The molecular formula is C43H31NO. The molecule has 0 N–H and O–H groups in total. The molecule has 8 aromatic rings. The van der Waals surface area contributed by atoms with Crippen molar-refractivity contribution in [1.29, 1.82) is 0 Å². The van der Waals surface area contributed by atoms with E-state index in [1.165, 1.54) is 44.3 Å². The lowest BCUT2D eigenvalue weighted by Gasteiger charge is -2.33. The summed E-state index contributed by atoms with van der Waals surface area (Å²) in [6.07, 6.45) is 0. The average Bonchev–Trinajstić information content (AvgIpc) is 3.59. The normalized spacial score (nSPS) is 13.3. The van der Waals surface area contributed by atoms with E-state index in [1.807, 2.05) is 6.07 Å². The molecule has 0 saturated heterocycles. The van der Waals surface area contributed by atoms with Gasteiger partial charge >= 0.3 is 0 Å². The second-order valence-electron chi connectivity index (χ2n) is 12.5. The molecule has 1 heterocycles. The Morgan fingerprint density at radius 3 is 1.76 bits per heavy atom. The van der Waals surface area contributed by atoms with Crippen LogP contribution in [0, 0.1) is 0 Å². The van der Waals surface area contributed by atoms with Gasteiger partial charge in [-0.25, -0.2) is 0 Å². The maximum absolute atomic E-state index is 6.74. The van der Waals surface area contributed by atoms with E-state index in [-0.39, 0.29) is 5.41 Å². The number of hydrogen-bond donors (Lipinski definition) is 0. The molecular weight excluding hydrogens is 546 g/mol. The molecule has 1 aromatic heterocycles. The summed E-state index contributed by atoms with van der Waals surface area (Å²) in [5.41, 5.74) is 12.6. The first-order chi connectivity index (χ1) is 22.1. The van der Waals surface area contributed by atoms with Crippen LogP contribution in [0.2, 0.25) is 0 Å². The Balaban J connectivity index is 1.54. The predicted octanol–water partition coefficient (Wildman–Crippen LogP) is 12.2. The molecule has 0 spiro atoms. The molecule has 1 aliphatic rings. The van der Waals surface area contributed by atoms with Crippen molar-refractivity contribution in [2.24, 2.45) is 0 Å². The van der Waals surface area contributed by atoms with Crippen molar-refractivity contribution >= 4 is 49.8 Å². The van der Waals surface area contributed by atoms with Gasteiger partial charge in [0.05, 0.1) is 5.69 Å². The first-order valence-corrected chi connectivity index (χ1v) is 15.6. The number of furan rings is 1. The predicted molar refractivity (Wildman–Crippen MR) is 189 cm³/mol. The van der Waals surface area contributed by atoms with Crippen LogP contribution in [0.5, 0.6) is 0 Å². The van der Waals surface area contributed by atoms with Crippen LogP contribution in [0.15, 0.2) is 156 Å². The van der Waals surface area contributed by atoms with Crippen LogP contribution >= 0.6 is 0 Å². The van der Waals surface area contributed by atoms with Gasteiger partial charge in [0, 0.05) is 44.3 Å². The van der Waals surface area contributed by atoms with Crippen LogP contribution in [0.25, 0.3) is 55.0 Å². The molecule has 0 atom stereocenters. The number of fused-ring (bicyclic) bond motifs is 8. The SMILES string of the molecule is CC1(C)c2ccccc2-c2c(N(c3ccccc3)c3ccccc3)c(-c3cccc4c3oc3ccccc34)c3ccccc3c21. The van der Waals surface area contributed by atoms with Gasteiger partial charge in [-0.05, 0) is 57.8 Å². The minimum atomic E-state index is -0.191. The fourth-order valence-corrected chi connectivity index (χ4v) is 7.72. The highest BCUT2D eigenvalue weighted by Gasteiger charge is 2.41. The smallest absolute Gasteiger partial charge is 0.143 e. The minimum absolute atomic E-state index is 0.191. The summed E-state index contributed by atoms with van der Waals surface area (Å²) in [6.45, 7) is 4.76. The monoisotopic (exact) mass is 577 g/mol. The molecule has 0 radical (unpaired) electrons. The largest absolute Gasteiger partial charge is 0.455 e. The lowest BCUT2D eigenvalue weighted by atomic mass is 9.78. The summed E-state index contributed by atoms with van der Waals surface area (Å²) in [5.74, 6) is 0. The Labute approximate surface area is 262 Å². The van der Waals surface area contributed by atoms with E-state index in [1.54, 1.807) is 0 Å². The minimum Gasteiger partial charge on any atom is -0.455 e. The summed E-state index contributed by atoms with van der Waals surface area (Å²) >= 11 is 0. The third-order valence-electron chi connectivity index (χ3n) is 9.61. The van der Waals surface area contributed by atoms with E-state index >= 15 is 0 Å². The molecule has 9 rings (SSSR count). The topological polar surface area (TPSA) is 16.4 Å². The van der Waals surface area contributed by atoms with Crippen LogP contribution in [-0.2, 0) is 5.41 Å². The standard InChI is InChI=1S/C43H31NO/c1-43(2)36-26-13-11-23-34(36)39-40(43)32-22-10-9-21-31(32)38(35-25-15-24-33-30-20-12-14-27-37(30)45-42(33)35)41(39)44(28-16-5-3-6-17-28)29-18-7-4-8-19-29/h3-27H,1-2H3. The van der Waals surface area contributed by atoms with Crippen LogP contribution in [0.4, 0.5) is 17.1 Å². The van der Waals surface area contributed by atoms with Gasteiger partial charge in [0.2, 0.25) is 0 Å². The number of benzene rings is 7. The molecule has 214 valence electrons. The van der Waals surface area contributed by atoms with Crippen LogP contribution in [0.1, 0.15) is 25.0 Å². The molecule has 0 fully saturated rings. The van der Waals surface area contributed by atoms with Gasteiger partial charge in [0.25, 0.3) is 0 Å². The Kier molecular flexibility index (Phi) is 5.58. The lowest BCUT2D eigenvalue weighted by Crippen LogP contribution is -2.17. The molecule has 2 nitrogen and oxygen atoms in total. The summed E-state index contributed by atoms with van der Waals surface area (Å²) < 4.78 is 6.74. The highest BCUT2D eigenvalue weighted by molar-refractivity contribution is 6.20. The number of anilines is 3. The number of hydrogen-bond acceptors (Lipinski definition) is 2. The van der Waals surface area contributed by atoms with Crippen molar-refractivity contribution in [3.63, 3.8) is 0 Å². The molecule has 0 saturated carbocycles.